The largest absolute Gasteiger partial charge is 0.491 e. The zero-order valence-corrected chi connectivity index (χ0v) is 14.6. The first-order chi connectivity index (χ1) is 13.1. The Hall–Kier alpha value is -3.13. The number of ether oxygens (including phenoxy) is 3. The van der Waals surface area contributed by atoms with Gasteiger partial charge in [-0.25, -0.2) is 0 Å². The van der Waals surface area contributed by atoms with Crippen LogP contribution in [0.4, 0.5) is 11.4 Å². The number of nitro groups is 1. The molecule has 0 aliphatic carbocycles. The van der Waals surface area contributed by atoms with Crippen molar-refractivity contribution in [2.24, 2.45) is 0 Å². The van der Waals surface area contributed by atoms with Crippen LogP contribution in [0.15, 0.2) is 48.5 Å². The molecule has 0 radical (unpaired) electrons. The molecule has 0 aromatic heterocycles. The van der Waals surface area contributed by atoms with Crippen LogP contribution in [0.5, 0.6) is 11.5 Å². The Balaban J connectivity index is 1.47. The van der Waals surface area contributed by atoms with Crippen molar-refractivity contribution in [2.75, 3.05) is 25.1 Å². The summed E-state index contributed by atoms with van der Waals surface area (Å²) in [6.07, 6.45) is 2.21. The fourth-order valence-corrected chi connectivity index (χ4v) is 2.67. The van der Waals surface area contributed by atoms with E-state index in [2.05, 4.69) is 5.32 Å². The molecular formula is C19H20N2O6. The molecule has 1 amide bonds. The molecule has 3 rings (SSSR count). The van der Waals surface area contributed by atoms with Crippen LogP contribution in [-0.4, -0.2) is 36.8 Å². The van der Waals surface area contributed by atoms with Gasteiger partial charge in [-0.05, 0) is 43.2 Å². The van der Waals surface area contributed by atoms with Gasteiger partial charge in [0.2, 0.25) is 0 Å². The Morgan fingerprint density at radius 2 is 1.96 bits per heavy atom. The number of nitrogens with one attached hydrogen (secondary N) is 1. The quantitative estimate of drug-likeness (QED) is 0.564. The van der Waals surface area contributed by atoms with E-state index in [1.54, 1.807) is 30.3 Å². The van der Waals surface area contributed by atoms with Crippen LogP contribution in [0.25, 0.3) is 0 Å². The van der Waals surface area contributed by atoms with E-state index in [1.807, 2.05) is 0 Å². The first-order valence-corrected chi connectivity index (χ1v) is 8.62. The van der Waals surface area contributed by atoms with Crippen LogP contribution in [0.2, 0.25) is 0 Å². The van der Waals surface area contributed by atoms with E-state index in [0.29, 0.717) is 18.0 Å². The van der Waals surface area contributed by atoms with Crippen LogP contribution < -0.4 is 14.8 Å². The third kappa shape index (κ3) is 5.42. The van der Waals surface area contributed by atoms with Gasteiger partial charge in [0, 0.05) is 18.4 Å². The van der Waals surface area contributed by atoms with Crippen LogP contribution >= 0.6 is 0 Å². The second-order valence-electron chi connectivity index (χ2n) is 6.03. The third-order valence-electron chi connectivity index (χ3n) is 4.02. The zero-order valence-electron chi connectivity index (χ0n) is 14.6. The number of carbonyl (C=O) groups excluding carboxylic acids is 1. The van der Waals surface area contributed by atoms with E-state index >= 15 is 0 Å². The lowest BCUT2D eigenvalue weighted by atomic mass is 10.2. The molecule has 1 N–H and O–H groups in total. The SMILES string of the molecule is O=C(COc1ccccc1[N+](=O)[O-])Nc1ccc(OC[C@@H]2CCCO2)cc1. The molecule has 27 heavy (non-hydrogen) atoms. The normalized spacial score (nSPS) is 15.9. The van der Waals surface area contributed by atoms with Gasteiger partial charge < -0.3 is 19.5 Å². The van der Waals surface area contributed by atoms with E-state index in [-0.39, 0.29) is 24.1 Å². The molecule has 8 heteroatoms. The molecule has 8 nitrogen and oxygen atoms in total. The van der Waals surface area contributed by atoms with Gasteiger partial charge in [0.25, 0.3) is 5.91 Å². The average Bonchev–Trinajstić information content (AvgIpc) is 3.19. The van der Waals surface area contributed by atoms with Gasteiger partial charge in [-0.2, -0.15) is 0 Å². The van der Waals surface area contributed by atoms with Gasteiger partial charge in [-0.1, -0.05) is 12.1 Å². The molecule has 2 aromatic carbocycles. The summed E-state index contributed by atoms with van der Waals surface area (Å²) in [5, 5.41) is 13.6. The number of carbonyl (C=O) groups is 1. The van der Waals surface area contributed by atoms with E-state index in [0.717, 1.165) is 19.4 Å². The average molecular weight is 372 g/mol. The minimum absolute atomic E-state index is 0.0514. The molecule has 1 aliphatic heterocycles. The Morgan fingerprint density at radius 1 is 1.19 bits per heavy atom. The summed E-state index contributed by atoms with van der Waals surface area (Å²) in [6, 6.07) is 12.9. The van der Waals surface area contributed by atoms with Crippen molar-refractivity contribution >= 4 is 17.3 Å². The van der Waals surface area contributed by atoms with Crippen molar-refractivity contribution in [1.29, 1.82) is 0 Å². The molecule has 1 fully saturated rings. The highest BCUT2D eigenvalue weighted by Gasteiger charge is 2.16. The third-order valence-corrected chi connectivity index (χ3v) is 4.02. The Morgan fingerprint density at radius 3 is 2.67 bits per heavy atom. The molecule has 1 heterocycles. The van der Waals surface area contributed by atoms with Crippen molar-refractivity contribution in [2.45, 2.75) is 18.9 Å². The maximum absolute atomic E-state index is 12.0. The van der Waals surface area contributed by atoms with Crippen LogP contribution in [-0.2, 0) is 9.53 Å². The minimum atomic E-state index is -0.553. The summed E-state index contributed by atoms with van der Waals surface area (Å²) >= 11 is 0. The second-order valence-corrected chi connectivity index (χ2v) is 6.03. The van der Waals surface area contributed by atoms with Crippen molar-refractivity contribution in [3.05, 3.63) is 58.6 Å². The summed E-state index contributed by atoms with van der Waals surface area (Å²) in [7, 11) is 0. The lowest BCUT2D eigenvalue weighted by Crippen LogP contribution is -2.20. The number of nitro benzene ring substituents is 1. The van der Waals surface area contributed by atoms with Gasteiger partial charge in [-0.3, -0.25) is 14.9 Å². The van der Waals surface area contributed by atoms with Crippen molar-refractivity contribution in [3.63, 3.8) is 0 Å². The molecule has 1 saturated heterocycles. The smallest absolute Gasteiger partial charge is 0.310 e. The minimum Gasteiger partial charge on any atom is -0.491 e. The predicted molar refractivity (Wildman–Crippen MR) is 98.1 cm³/mol. The molecule has 0 saturated carbocycles. The van der Waals surface area contributed by atoms with Gasteiger partial charge >= 0.3 is 5.69 Å². The highest BCUT2D eigenvalue weighted by Crippen LogP contribution is 2.25. The molecule has 142 valence electrons. The van der Waals surface area contributed by atoms with Crippen LogP contribution in [0, 0.1) is 10.1 Å². The number of hydrogen-bond donors (Lipinski definition) is 1. The zero-order chi connectivity index (χ0) is 19.1. The fourth-order valence-electron chi connectivity index (χ4n) is 2.67. The monoisotopic (exact) mass is 372 g/mol. The lowest BCUT2D eigenvalue weighted by Gasteiger charge is -2.12. The second kappa shape index (κ2) is 9.00. The van der Waals surface area contributed by atoms with E-state index in [9.17, 15) is 14.9 Å². The first kappa shape index (κ1) is 18.7. The summed E-state index contributed by atoms with van der Waals surface area (Å²) in [5.41, 5.74) is 0.397. The highest BCUT2D eigenvalue weighted by molar-refractivity contribution is 5.91. The van der Waals surface area contributed by atoms with E-state index < -0.39 is 10.8 Å². The number of para-hydroxylation sites is 2. The molecule has 0 bridgehead atoms. The van der Waals surface area contributed by atoms with Gasteiger partial charge in [0.1, 0.15) is 12.4 Å². The van der Waals surface area contributed by atoms with E-state index in [1.165, 1.54) is 18.2 Å². The van der Waals surface area contributed by atoms with Crippen LogP contribution in [0.3, 0.4) is 0 Å². The molecule has 2 aromatic rings. The number of rotatable bonds is 8. The van der Waals surface area contributed by atoms with Crippen molar-refractivity contribution in [1.82, 2.24) is 0 Å². The van der Waals surface area contributed by atoms with Gasteiger partial charge in [0.05, 0.1) is 11.0 Å². The first-order valence-electron chi connectivity index (χ1n) is 8.62. The molecular weight excluding hydrogens is 352 g/mol. The number of benzene rings is 2. The van der Waals surface area contributed by atoms with Crippen molar-refractivity contribution in [3.8, 4) is 11.5 Å². The predicted octanol–water partition coefficient (Wildman–Crippen LogP) is 3.17. The molecule has 0 spiro atoms. The maximum atomic E-state index is 12.0. The Labute approximate surface area is 156 Å². The standard InChI is InChI=1S/C19H20N2O6/c22-19(13-27-18-6-2-1-5-17(18)21(23)24)20-14-7-9-15(10-8-14)26-12-16-4-3-11-25-16/h1-2,5-10,16H,3-4,11-13H2,(H,20,22)/t16-/m0/s1. The number of hydrogen-bond acceptors (Lipinski definition) is 6. The van der Waals surface area contributed by atoms with Gasteiger partial charge in [-0.15, -0.1) is 0 Å². The Bertz CT molecular complexity index is 787. The summed E-state index contributed by atoms with van der Waals surface area (Å²) < 4.78 is 16.4. The number of anilines is 1. The van der Waals surface area contributed by atoms with Gasteiger partial charge in [0.15, 0.2) is 12.4 Å². The topological polar surface area (TPSA) is 99.9 Å². The fraction of sp³-hybridized carbons (Fsp3) is 0.316. The number of amides is 1. The maximum Gasteiger partial charge on any atom is 0.310 e. The highest BCUT2D eigenvalue weighted by atomic mass is 16.6. The summed E-state index contributed by atoms with van der Waals surface area (Å²) in [5.74, 6) is 0.330. The molecule has 1 atom stereocenters. The van der Waals surface area contributed by atoms with Crippen LogP contribution in [0.1, 0.15) is 12.8 Å². The molecule has 0 unspecified atom stereocenters. The van der Waals surface area contributed by atoms with E-state index in [4.69, 9.17) is 14.2 Å². The Kier molecular flexibility index (Phi) is 6.22. The van der Waals surface area contributed by atoms with Crippen molar-refractivity contribution < 1.29 is 23.9 Å². The summed E-state index contributed by atoms with van der Waals surface area (Å²) in [4.78, 5) is 22.4. The lowest BCUT2D eigenvalue weighted by molar-refractivity contribution is -0.385. The summed E-state index contributed by atoms with van der Waals surface area (Å²) in [6.45, 7) is 0.963. The molecule has 1 aliphatic rings. The number of nitrogens with zero attached hydrogens (tertiary/aromatic N) is 1.